The van der Waals surface area contributed by atoms with Gasteiger partial charge in [0.1, 0.15) is 0 Å². The molecular weight excluding hydrogens is 224 g/mol. The van der Waals surface area contributed by atoms with Crippen LogP contribution < -0.4 is 11.1 Å². The number of hydrogen-bond donors (Lipinski definition) is 4. The van der Waals surface area contributed by atoms with Crippen molar-refractivity contribution in [3.63, 3.8) is 0 Å². The maximum Gasteiger partial charge on any atom is 0.305 e. The Bertz CT molecular complexity index is 266. The van der Waals surface area contributed by atoms with Gasteiger partial charge >= 0.3 is 5.97 Å². The van der Waals surface area contributed by atoms with Gasteiger partial charge in [-0.25, -0.2) is 0 Å². The zero-order valence-electron chi connectivity index (χ0n) is 10.4. The molecule has 0 aromatic carbocycles. The van der Waals surface area contributed by atoms with Gasteiger partial charge in [-0.15, -0.1) is 0 Å². The number of aliphatic hydroxyl groups excluding tert-OH is 1. The molecule has 1 atom stereocenters. The highest BCUT2D eigenvalue weighted by Gasteiger charge is 2.21. The van der Waals surface area contributed by atoms with Gasteiger partial charge in [-0.1, -0.05) is 13.8 Å². The van der Waals surface area contributed by atoms with E-state index < -0.39 is 17.9 Å². The van der Waals surface area contributed by atoms with Crippen LogP contribution in [0, 0.1) is 5.41 Å². The molecular formula is C11H22N2O4. The van der Waals surface area contributed by atoms with E-state index >= 15 is 0 Å². The third-order valence-electron chi connectivity index (χ3n) is 2.48. The summed E-state index contributed by atoms with van der Waals surface area (Å²) in [6, 6.07) is -1.01. The van der Waals surface area contributed by atoms with Crippen molar-refractivity contribution in [2.45, 2.75) is 39.2 Å². The summed E-state index contributed by atoms with van der Waals surface area (Å²) in [5.41, 5.74) is 5.28. The van der Waals surface area contributed by atoms with Gasteiger partial charge in [-0.05, 0) is 18.3 Å². The number of carboxylic acids is 1. The molecule has 6 heteroatoms. The molecule has 17 heavy (non-hydrogen) atoms. The maximum absolute atomic E-state index is 11.5. The van der Waals surface area contributed by atoms with Crippen LogP contribution in [0.15, 0.2) is 0 Å². The van der Waals surface area contributed by atoms with Gasteiger partial charge < -0.3 is 21.3 Å². The number of nitrogens with one attached hydrogen (secondary N) is 1. The van der Waals surface area contributed by atoms with Crippen molar-refractivity contribution in [3.8, 4) is 0 Å². The minimum absolute atomic E-state index is 0.121. The summed E-state index contributed by atoms with van der Waals surface area (Å²) in [5.74, 6) is -1.54. The van der Waals surface area contributed by atoms with Crippen molar-refractivity contribution in [1.29, 1.82) is 0 Å². The molecule has 0 aromatic heterocycles. The molecule has 0 rings (SSSR count). The number of hydrogen-bond acceptors (Lipinski definition) is 4. The SMILES string of the molecule is CC(C)(CCCO)CNC(=O)C(N)CC(=O)O. The van der Waals surface area contributed by atoms with Crippen LogP contribution in [0.5, 0.6) is 0 Å². The lowest BCUT2D eigenvalue weighted by atomic mass is 9.88. The summed E-state index contributed by atoms with van der Waals surface area (Å²) in [6.07, 6.45) is 1.07. The van der Waals surface area contributed by atoms with Gasteiger partial charge in [0.05, 0.1) is 12.5 Å². The summed E-state index contributed by atoms with van der Waals surface area (Å²) < 4.78 is 0. The highest BCUT2D eigenvalue weighted by atomic mass is 16.4. The second kappa shape index (κ2) is 7.24. The number of amides is 1. The molecule has 0 saturated carbocycles. The van der Waals surface area contributed by atoms with Gasteiger partial charge in [0.2, 0.25) is 5.91 Å². The fourth-order valence-corrected chi connectivity index (χ4v) is 1.38. The normalized spacial score (nSPS) is 13.2. The molecule has 1 unspecified atom stereocenters. The highest BCUT2D eigenvalue weighted by Crippen LogP contribution is 2.20. The van der Waals surface area contributed by atoms with Gasteiger partial charge in [0.15, 0.2) is 0 Å². The third-order valence-corrected chi connectivity index (χ3v) is 2.48. The molecule has 5 N–H and O–H groups in total. The Morgan fingerprint density at radius 1 is 1.41 bits per heavy atom. The Labute approximate surface area is 101 Å². The van der Waals surface area contributed by atoms with Crippen LogP contribution >= 0.6 is 0 Å². The van der Waals surface area contributed by atoms with E-state index in [2.05, 4.69) is 5.32 Å². The quantitative estimate of drug-likeness (QED) is 0.470. The fraction of sp³-hybridized carbons (Fsp3) is 0.818. The summed E-state index contributed by atoms with van der Waals surface area (Å²) in [4.78, 5) is 21.8. The zero-order chi connectivity index (χ0) is 13.5. The van der Waals surface area contributed by atoms with Gasteiger partial charge in [-0.3, -0.25) is 9.59 Å². The number of carboxylic acid groups (broad SMARTS) is 1. The first kappa shape index (κ1) is 15.9. The predicted octanol–water partition coefficient (Wildman–Crippen LogP) is -0.297. The molecule has 0 heterocycles. The van der Waals surface area contributed by atoms with Crippen molar-refractivity contribution in [3.05, 3.63) is 0 Å². The molecule has 0 aliphatic heterocycles. The van der Waals surface area contributed by atoms with E-state index in [1.165, 1.54) is 0 Å². The molecule has 0 radical (unpaired) electrons. The van der Waals surface area contributed by atoms with Crippen molar-refractivity contribution in [1.82, 2.24) is 5.32 Å². The van der Waals surface area contributed by atoms with E-state index in [1.807, 2.05) is 13.8 Å². The largest absolute Gasteiger partial charge is 0.481 e. The molecule has 0 saturated heterocycles. The van der Waals surface area contributed by atoms with Crippen LogP contribution in [0.2, 0.25) is 0 Å². The second-order valence-corrected chi connectivity index (χ2v) is 4.91. The predicted molar refractivity (Wildman–Crippen MR) is 63.3 cm³/mol. The highest BCUT2D eigenvalue weighted by molar-refractivity contribution is 5.85. The lowest BCUT2D eigenvalue weighted by Gasteiger charge is -2.25. The molecule has 0 aliphatic carbocycles. The van der Waals surface area contributed by atoms with E-state index in [0.717, 1.165) is 6.42 Å². The number of rotatable bonds is 8. The fourth-order valence-electron chi connectivity index (χ4n) is 1.38. The molecule has 6 nitrogen and oxygen atoms in total. The molecule has 0 fully saturated rings. The Morgan fingerprint density at radius 3 is 2.47 bits per heavy atom. The minimum Gasteiger partial charge on any atom is -0.481 e. The van der Waals surface area contributed by atoms with Crippen LogP contribution in [0.25, 0.3) is 0 Å². The Balaban J connectivity index is 4.01. The Kier molecular flexibility index (Phi) is 6.75. The summed E-state index contributed by atoms with van der Waals surface area (Å²) in [6.45, 7) is 4.46. The first-order chi connectivity index (χ1) is 7.78. The van der Waals surface area contributed by atoms with Crippen LogP contribution in [-0.4, -0.2) is 41.3 Å². The van der Waals surface area contributed by atoms with E-state index in [-0.39, 0.29) is 18.4 Å². The third kappa shape index (κ3) is 7.70. The van der Waals surface area contributed by atoms with Gasteiger partial charge in [-0.2, -0.15) is 0 Å². The van der Waals surface area contributed by atoms with Gasteiger partial charge in [0.25, 0.3) is 0 Å². The molecule has 0 spiro atoms. The van der Waals surface area contributed by atoms with Crippen LogP contribution in [0.4, 0.5) is 0 Å². The summed E-state index contributed by atoms with van der Waals surface area (Å²) >= 11 is 0. The van der Waals surface area contributed by atoms with Crippen molar-refractivity contribution < 1.29 is 19.8 Å². The summed E-state index contributed by atoms with van der Waals surface area (Å²) in [7, 11) is 0. The molecule has 0 aromatic rings. The molecule has 0 aliphatic rings. The average Bonchev–Trinajstić information content (AvgIpc) is 2.22. The lowest BCUT2D eigenvalue weighted by Crippen LogP contribution is -2.45. The first-order valence-electron chi connectivity index (χ1n) is 5.64. The van der Waals surface area contributed by atoms with E-state index in [4.69, 9.17) is 15.9 Å². The number of aliphatic carboxylic acids is 1. The first-order valence-corrected chi connectivity index (χ1v) is 5.64. The van der Waals surface area contributed by atoms with E-state index in [9.17, 15) is 9.59 Å². The van der Waals surface area contributed by atoms with E-state index in [0.29, 0.717) is 13.0 Å². The number of nitrogens with two attached hydrogens (primary N) is 1. The Morgan fingerprint density at radius 2 is 2.00 bits per heavy atom. The van der Waals surface area contributed by atoms with Crippen LogP contribution in [0.1, 0.15) is 33.1 Å². The lowest BCUT2D eigenvalue weighted by molar-refractivity contribution is -0.139. The zero-order valence-corrected chi connectivity index (χ0v) is 10.4. The second-order valence-electron chi connectivity index (χ2n) is 4.91. The topological polar surface area (TPSA) is 113 Å². The number of carbonyl (C=O) groups excluding carboxylic acids is 1. The summed E-state index contributed by atoms with van der Waals surface area (Å²) in [5, 5.41) is 19.8. The monoisotopic (exact) mass is 246 g/mol. The molecule has 100 valence electrons. The maximum atomic E-state index is 11.5. The molecule has 1 amide bonds. The Hall–Kier alpha value is -1.14. The number of carbonyl (C=O) groups is 2. The number of aliphatic hydroxyl groups is 1. The minimum atomic E-state index is -1.09. The molecule has 0 bridgehead atoms. The van der Waals surface area contributed by atoms with E-state index in [1.54, 1.807) is 0 Å². The smallest absolute Gasteiger partial charge is 0.305 e. The van der Waals surface area contributed by atoms with Crippen molar-refractivity contribution in [2.24, 2.45) is 11.1 Å². The average molecular weight is 246 g/mol. The van der Waals surface area contributed by atoms with Crippen LogP contribution in [-0.2, 0) is 9.59 Å². The standard InChI is InChI=1S/C11H22N2O4/c1-11(2,4-3-5-14)7-13-10(17)8(12)6-9(15)16/h8,14H,3-7,12H2,1-2H3,(H,13,17)(H,15,16). The van der Waals surface area contributed by atoms with Gasteiger partial charge in [0, 0.05) is 13.2 Å². The van der Waals surface area contributed by atoms with Crippen molar-refractivity contribution in [2.75, 3.05) is 13.2 Å². The van der Waals surface area contributed by atoms with Crippen molar-refractivity contribution >= 4 is 11.9 Å². The van der Waals surface area contributed by atoms with Crippen LogP contribution in [0.3, 0.4) is 0 Å².